The van der Waals surface area contributed by atoms with E-state index in [0.717, 1.165) is 12.0 Å². The minimum Gasteiger partial charge on any atom is -0.284 e. The van der Waals surface area contributed by atoms with Crippen molar-refractivity contribution >= 4 is 15.7 Å². The lowest BCUT2D eigenvalue weighted by molar-refractivity contribution is 0.598. The van der Waals surface area contributed by atoms with Crippen LogP contribution in [-0.4, -0.2) is 34.4 Å². The molecule has 0 unspecified atom stereocenters. The normalized spacial score (nSPS) is 11.5. The predicted molar refractivity (Wildman–Crippen MR) is 76.6 cm³/mol. The van der Waals surface area contributed by atoms with Gasteiger partial charge in [-0.3, -0.25) is 4.72 Å². The van der Waals surface area contributed by atoms with Gasteiger partial charge in [-0.1, -0.05) is 13.3 Å². The van der Waals surface area contributed by atoms with E-state index in [1.807, 2.05) is 6.92 Å². The van der Waals surface area contributed by atoms with Gasteiger partial charge in [-0.25, -0.2) is 13.1 Å². The number of nitrogens with one attached hydrogen (secondary N) is 1. The molecule has 0 amide bonds. The topological polar surface area (TPSA) is 89.8 Å². The SMILES string of the molecule is CCCCS(=O)(=O)Nc1ccc(-c2nnnn2C)cc1. The maximum Gasteiger partial charge on any atom is 0.232 e. The average molecular weight is 295 g/mol. The maximum absolute atomic E-state index is 11.8. The third-order valence-electron chi connectivity index (χ3n) is 2.80. The van der Waals surface area contributed by atoms with E-state index >= 15 is 0 Å². The van der Waals surface area contributed by atoms with Crippen molar-refractivity contribution in [2.75, 3.05) is 10.5 Å². The van der Waals surface area contributed by atoms with Gasteiger partial charge in [-0.05, 0) is 41.1 Å². The van der Waals surface area contributed by atoms with E-state index in [9.17, 15) is 8.42 Å². The molecule has 1 aromatic heterocycles. The molecule has 1 heterocycles. The van der Waals surface area contributed by atoms with Gasteiger partial charge in [-0.15, -0.1) is 5.10 Å². The molecule has 0 atom stereocenters. The highest BCUT2D eigenvalue weighted by atomic mass is 32.2. The van der Waals surface area contributed by atoms with Gasteiger partial charge in [0.15, 0.2) is 5.82 Å². The summed E-state index contributed by atoms with van der Waals surface area (Å²) in [5.74, 6) is 0.767. The summed E-state index contributed by atoms with van der Waals surface area (Å²) in [6.07, 6.45) is 1.50. The summed E-state index contributed by atoms with van der Waals surface area (Å²) in [6, 6.07) is 6.97. The molecule has 2 aromatic rings. The van der Waals surface area contributed by atoms with E-state index in [2.05, 4.69) is 20.2 Å². The van der Waals surface area contributed by atoms with Crippen molar-refractivity contribution in [3.8, 4) is 11.4 Å². The third-order valence-corrected chi connectivity index (χ3v) is 4.18. The van der Waals surface area contributed by atoms with Crippen LogP contribution in [0.3, 0.4) is 0 Å². The molecule has 0 aliphatic heterocycles. The summed E-state index contributed by atoms with van der Waals surface area (Å²) in [4.78, 5) is 0. The third kappa shape index (κ3) is 3.53. The van der Waals surface area contributed by atoms with E-state index in [4.69, 9.17) is 0 Å². The first-order valence-electron chi connectivity index (χ1n) is 6.35. The molecule has 0 aliphatic rings. The Morgan fingerprint density at radius 2 is 1.95 bits per heavy atom. The van der Waals surface area contributed by atoms with Crippen molar-refractivity contribution in [3.63, 3.8) is 0 Å². The number of sulfonamides is 1. The standard InChI is InChI=1S/C12H17N5O2S/c1-3-4-9-20(18,19)14-11-7-5-10(6-8-11)12-13-15-16-17(12)2/h5-8,14H,3-4,9H2,1-2H3. The molecule has 1 aromatic carbocycles. The van der Waals surface area contributed by atoms with Crippen molar-refractivity contribution in [3.05, 3.63) is 24.3 Å². The Morgan fingerprint density at radius 1 is 1.25 bits per heavy atom. The Balaban J connectivity index is 2.11. The first-order valence-corrected chi connectivity index (χ1v) is 8.00. The monoisotopic (exact) mass is 295 g/mol. The Morgan fingerprint density at radius 3 is 2.50 bits per heavy atom. The summed E-state index contributed by atoms with van der Waals surface area (Å²) in [5, 5.41) is 11.2. The first-order chi connectivity index (χ1) is 9.52. The molecule has 0 spiro atoms. The highest BCUT2D eigenvalue weighted by Crippen LogP contribution is 2.19. The molecule has 8 heteroatoms. The van der Waals surface area contributed by atoms with Crippen molar-refractivity contribution in [1.29, 1.82) is 0 Å². The molecule has 20 heavy (non-hydrogen) atoms. The van der Waals surface area contributed by atoms with Crippen molar-refractivity contribution < 1.29 is 8.42 Å². The first kappa shape index (κ1) is 14.4. The second-order valence-electron chi connectivity index (χ2n) is 4.48. The van der Waals surface area contributed by atoms with Gasteiger partial charge in [-0.2, -0.15) is 0 Å². The molecular weight excluding hydrogens is 278 g/mol. The highest BCUT2D eigenvalue weighted by molar-refractivity contribution is 7.92. The zero-order valence-electron chi connectivity index (χ0n) is 11.4. The van der Waals surface area contributed by atoms with E-state index in [-0.39, 0.29) is 5.75 Å². The second-order valence-corrected chi connectivity index (χ2v) is 6.32. The number of aryl methyl sites for hydroxylation is 1. The van der Waals surface area contributed by atoms with Gasteiger partial charge in [0, 0.05) is 18.3 Å². The van der Waals surface area contributed by atoms with E-state index < -0.39 is 10.0 Å². The number of hydrogen-bond donors (Lipinski definition) is 1. The molecule has 0 saturated heterocycles. The number of anilines is 1. The fourth-order valence-electron chi connectivity index (χ4n) is 1.73. The van der Waals surface area contributed by atoms with Gasteiger partial charge < -0.3 is 0 Å². The molecule has 0 fully saturated rings. The molecule has 0 saturated carbocycles. The van der Waals surface area contributed by atoms with Gasteiger partial charge in [0.2, 0.25) is 10.0 Å². The zero-order valence-corrected chi connectivity index (χ0v) is 12.3. The largest absolute Gasteiger partial charge is 0.284 e. The Bertz CT molecular complexity index is 663. The summed E-state index contributed by atoms with van der Waals surface area (Å²) in [5.41, 5.74) is 1.37. The van der Waals surface area contributed by atoms with Crippen LogP contribution in [0.2, 0.25) is 0 Å². The summed E-state index contributed by atoms with van der Waals surface area (Å²) >= 11 is 0. The van der Waals surface area contributed by atoms with Crippen LogP contribution in [0.15, 0.2) is 24.3 Å². The number of aromatic nitrogens is 4. The van der Waals surface area contributed by atoms with Crippen molar-refractivity contribution in [2.24, 2.45) is 7.05 Å². The molecular formula is C12H17N5O2S. The predicted octanol–water partition coefficient (Wildman–Crippen LogP) is 1.42. The van der Waals surface area contributed by atoms with Crippen LogP contribution in [0.5, 0.6) is 0 Å². The quantitative estimate of drug-likeness (QED) is 0.870. The van der Waals surface area contributed by atoms with E-state index in [1.54, 1.807) is 36.0 Å². The highest BCUT2D eigenvalue weighted by Gasteiger charge is 2.10. The fourth-order valence-corrected chi connectivity index (χ4v) is 2.99. The molecule has 108 valence electrons. The fraction of sp³-hybridized carbons (Fsp3) is 0.417. The Labute approximate surface area is 118 Å². The van der Waals surface area contributed by atoms with E-state index in [0.29, 0.717) is 17.9 Å². The molecule has 1 N–H and O–H groups in total. The molecule has 0 bridgehead atoms. The summed E-state index contributed by atoms with van der Waals surface area (Å²) < 4.78 is 27.7. The minimum atomic E-state index is -3.27. The zero-order chi connectivity index (χ0) is 14.6. The second kappa shape index (κ2) is 6.00. The van der Waals surface area contributed by atoms with Crippen LogP contribution >= 0.6 is 0 Å². The minimum absolute atomic E-state index is 0.137. The van der Waals surface area contributed by atoms with Crippen molar-refractivity contribution in [2.45, 2.75) is 19.8 Å². The summed E-state index contributed by atoms with van der Waals surface area (Å²) in [6.45, 7) is 1.96. The molecule has 0 aliphatic carbocycles. The lowest BCUT2D eigenvalue weighted by Crippen LogP contribution is -2.16. The summed E-state index contributed by atoms with van der Waals surface area (Å²) in [7, 11) is -1.52. The number of nitrogens with zero attached hydrogens (tertiary/aromatic N) is 4. The van der Waals surface area contributed by atoms with Gasteiger partial charge >= 0.3 is 0 Å². The van der Waals surface area contributed by atoms with Crippen LogP contribution in [0.4, 0.5) is 5.69 Å². The lowest BCUT2D eigenvalue weighted by atomic mass is 10.2. The number of tetrazole rings is 1. The number of hydrogen-bond acceptors (Lipinski definition) is 5. The van der Waals surface area contributed by atoms with Crippen molar-refractivity contribution in [1.82, 2.24) is 20.2 Å². The number of rotatable bonds is 6. The molecule has 0 radical (unpaired) electrons. The van der Waals surface area contributed by atoms with Crippen LogP contribution in [0, 0.1) is 0 Å². The Kier molecular flexibility index (Phi) is 4.33. The average Bonchev–Trinajstić information content (AvgIpc) is 2.83. The number of benzene rings is 1. The molecule has 7 nitrogen and oxygen atoms in total. The van der Waals surface area contributed by atoms with E-state index in [1.165, 1.54) is 0 Å². The smallest absolute Gasteiger partial charge is 0.232 e. The van der Waals surface area contributed by atoms with Gasteiger partial charge in [0.1, 0.15) is 0 Å². The van der Waals surface area contributed by atoms with Gasteiger partial charge in [0.25, 0.3) is 0 Å². The van der Waals surface area contributed by atoms with Crippen LogP contribution < -0.4 is 4.72 Å². The van der Waals surface area contributed by atoms with Crippen LogP contribution in [0.1, 0.15) is 19.8 Å². The van der Waals surface area contributed by atoms with Crippen LogP contribution in [0.25, 0.3) is 11.4 Å². The Hall–Kier alpha value is -1.96. The molecule has 2 rings (SSSR count). The van der Waals surface area contributed by atoms with Crippen LogP contribution in [-0.2, 0) is 17.1 Å². The number of unbranched alkanes of at least 4 members (excludes halogenated alkanes) is 1. The maximum atomic E-state index is 11.8. The van der Waals surface area contributed by atoms with Gasteiger partial charge in [0.05, 0.1) is 5.75 Å². The lowest BCUT2D eigenvalue weighted by Gasteiger charge is -2.08.